The zero-order valence-electron chi connectivity index (χ0n) is 10.7. The van der Waals surface area contributed by atoms with E-state index in [0.29, 0.717) is 11.3 Å². The van der Waals surface area contributed by atoms with E-state index < -0.39 is 0 Å². The number of halogens is 1. The fourth-order valence-electron chi connectivity index (χ4n) is 2.05. The molecule has 0 bridgehead atoms. The van der Waals surface area contributed by atoms with Crippen LogP contribution >= 0.6 is 15.9 Å². The Bertz CT molecular complexity index is 770. The van der Waals surface area contributed by atoms with Crippen LogP contribution < -0.4 is 4.74 Å². The minimum Gasteiger partial charge on any atom is -0.496 e. The van der Waals surface area contributed by atoms with Gasteiger partial charge < -0.3 is 9.84 Å². The molecule has 0 saturated carbocycles. The number of aromatic nitrogens is 3. The molecule has 0 aliphatic heterocycles. The summed E-state index contributed by atoms with van der Waals surface area (Å²) in [5.74, 6) is 0.741. The highest BCUT2D eigenvalue weighted by Gasteiger charge is 2.11. The second-order valence-corrected chi connectivity index (χ2v) is 5.16. The summed E-state index contributed by atoms with van der Waals surface area (Å²) < 4.78 is 7.95. The maximum atomic E-state index is 9.30. The third kappa shape index (κ3) is 2.17. The summed E-state index contributed by atoms with van der Waals surface area (Å²) in [6, 6.07) is 9.49. The Labute approximate surface area is 124 Å². The average molecular weight is 334 g/mol. The fraction of sp³-hybridized carbons (Fsp3) is 0.143. The topological polar surface area (TPSA) is 59.7 Å². The van der Waals surface area contributed by atoms with Crippen molar-refractivity contribution in [2.45, 2.75) is 6.61 Å². The summed E-state index contributed by atoms with van der Waals surface area (Å²) >= 11 is 3.45. The lowest BCUT2D eigenvalue weighted by Crippen LogP contribution is -2.00. The van der Waals surface area contributed by atoms with Crippen LogP contribution in [0, 0.1) is 0 Å². The van der Waals surface area contributed by atoms with Crippen LogP contribution in [0.1, 0.15) is 5.69 Å². The Morgan fingerprint density at radius 2 is 2.15 bits per heavy atom. The molecular weight excluding hydrogens is 322 g/mol. The van der Waals surface area contributed by atoms with Gasteiger partial charge in [-0.1, -0.05) is 15.9 Å². The number of aliphatic hydroxyl groups is 1. The second-order valence-electron chi connectivity index (χ2n) is 4.24. The molecule has 3 aromatic rings. The van der Waals surface area contributed by atoms with Crippen molar-refractivity contribution in [3.63, 3.8) is 0 Å². The van der Waals surface area contributed by atoms with Crippen molar-refractivity contribution in [1.29, 1.82) is 0 Å². The average Bonchev–Trinajstić information content (AvgIpc) is 2.89. The molecule has 5 nitrogen and oxygen atoms in total. The highest BCUT2D eigenvalue weighted by atomic mass is 79.9. The van der Waals surface area contributed by atoms with Crippen LogP contribution in [0.3, 0.4) is 0 Å². The normalized spacial score (nSPS) is 10.9. The molecule has 0 saturated heterocycles. The van der Waals surface area contributed by atoms with Gasteiger partial charge >= 0.3 is 0 Å². The van der Waals surface area contributed by atoms with Gasteiger partial charge in [0.15, 0.2) is 5.65 Å². The highest BCUT2D eigenvalue weighted by Crippen LogP contribution is 2.31. The van der Waals surface area contributed by atoms with Gasteiger partial charge in [0, 0.05) is 10.0 Å². The van der Waals surface area contributed by atoms with E-state index >= 15 is 0 Å². The van der Waals surface area contributed by atoms with E-state index in [-0.39, 0.29) is 6.61 Å². The standard InChI is InChI=1S/C14H12BrN3O2/c1-20-13-4-2-9(15)6-11(13)12-3-5-14-16-7-10(8-19)18(14)17-12/h2-7,19H,8H2,1H3. The number of fused-ring (bicyclic) bond motifs is 1. The molecule has 0 aliphatic rings. The van der Waals surface area contributed by atoms with Gasteiger partial charge in [0.1, 0.15) is 5.75 Å². The first-order valence-corrected chi connectivity index (χ1v) is 6.80. The van der Waals surface area contributed by atoms with Gasteiger partial charge in [0.25, 0.3) is 0 Å². The number of methoxy groups -OCH3 is 1. The van der Waals surface area contributed by atoms with Gasteiger partial charge in [-0.3, -0.25) is 0 Å². The number of imidazole rings is 1. The van der Waals surface area contributed by atoms with Crippen molar-refractivity contribution >= 4 is 21.6 Å². The summed E-state index contributed by atoms with van der Waals surface area (Å²) in [7, 11) is 1.63. The fourth-order valence-corrected chi connectivity index (χ4v) is 2.41. The van der Waals surface area contributed by atoms with Crippen LogP contribution in [0.15, 0.2) is 41.0 Å². The van der Waals surface area contributed by atoms with Gasteiger partial charge in [-0.25, -0.2) is 9.50 Å². The molecule has 20 heavy (non-hydrogen) atoms. The largest absolute Gasteiger partial charge is 0.496 e. The predicted molar refractivity (Wildman–Crippen MR) is 78.6 cm³/mol. The summed E-state index contributed by atoms with van der Waals surface area (Å²) in [4.78, 5) is 4.18. The first-order chi connectivity index (χ1) is 9.72. The van der Waals surface area contributed by atoms with Crippen LogP contribution in [0.25, 0.3) is 16.9 Å². The van der Waals surface area contributed by atoms with Crippen LogP contribution in [-0.4, -0.2) is 26.8 Å². The number of aliphatic hydroxyl groups excluding tert-OH is 1. The zero-order valence-corrected chi connectivity index (χ0v) is 12.3. The van der Waals surface area contributed by atoms with Gasteiger partial charge in [-0.05, 0) is 30.3 Å². The molecule has 3 rings (SSSR count). The Morgan fingerprint density at radius 1 is 1.30 bits per heavy atom. The van der Waals surface area contributed by atoms with Crippen molar-refractivity contribution in [3.05, 3.63) is 46.7 Å². The van der Waals surface area contributed by atoms with Gasteiger partial charge in [0.05, 0.1) is 31.3 Å². The third-order valence-corrected chi connectivity index (χ3v) is 3.53. The number of hydrogen-bond donors (Lipinski definition) is 1. The number of rotatable bonds is 3. The molecule has 102 valence electrons. The van der Waals surface area contributed by atoms with Crippen LogP contribution in [0.5, 0.6) is 5.75 Å². The molecule has 0 atom stereocenters. The molecule has 0 unspecified atom stereocenters. The Kier molecular flexibility index (Phi) is 3.42. The first kappa shape index (κ1) is 13.1. The van der Waals surface area contributed by atoms with E-state index in [2.05, 4.69) is 26.0 Å². The van der Waals surface area contributed by atoms with E-state index in [9.17, 15) is 5.11 Å². The maximum absolute atomic E-state index is 9.30. The van der Waals surface area contributed by atoms with E-state index in [1.807, 2.05) is 30.3 Å². The zero-order chi connectivity index (χ0) is 14.1. The molecule has 2 heterocycles. The first-order valence-electron chi connectivity index (χ1n) is 6.01. The van der Waals surface area contributed by atoms with Crippen LogP contribution in [-0.2, 0) is 6.61 Å². The van der Waals surface area contributed by atoms with Crippen LogP contribution in [0.2, 0.25) is 0 Å². The van der Waals surface area contributed by atoms with E-state index in [0.717, 1.165) is 21.5 Å². The molecule has 0 fully saturated rings. The second kappa shape index (κ2) is 5.22. The van der Waals surface area contributed by atoms with E-state index in [1.165, 1.54) is 0 Å². The quantitative estimate of drug-likeness (QED) is 0.800. The van der Waals surface area contributed by atoms with Crippen molar-refractivity contribution in [2.24, 2.45) is 0 Å². The summed E-state index contributed by atoms with van der Waals surface area (Å²) in [5.41, 5.74) is 2.98. The predicted octanol–water partition coefficient (Wildman–Crippen LogP) is 2.66. The molecule has 1 aromatic carbocycles. The van der Waals surface area contributed by atoms with Gasteiger partial charge in [-0.2, -0.15) is 5.10 Å². The molecule has 0 spiro atoms. The molecule has 1 N–H and O–H groups in total. The minimum atomic E-state index is -0.104. The molecule has 0 aliphatic carbocycles. The molecule has 0 amide bonds. The molecular formula is C14H12BrN3O2. The highest BCUT2D eigenvalue weighted by molar-refractivity contribution is 9.10. The smallest absolute Gasteiger partial charge is 0.153 e. The van der Waals surface area contributed by atoms with Crippen molar-refractivity contribution in [2.75, 3.05) is 7.11 Å². The minimum absolute atomic E-state index is 0.104. The Balaban J connectivity index is 2.21. The van der Waals surface area contributed by atoms with Crippen molar-refractivity contribution < 1.29 is 9.84 Å². The number of benzene rings is 1. The molecule has 6 heteroatoms. The number of hydrogen-bond acceptors (Lipinski definition) is 4. The summed E-state index contributed by atoms with van der Waals surface area (Å²) in [5, 5.41) is 13.8. The summed E-state index contributed by atoms with van der Waals surface area (Å²) in [6.45, 7) is -0.104. The monoisotopic (exact) mass is 333 g/mol. The number of ether oxygens (including phenoxy) is 1. The Morgan fingerprint density at radius 3 is 2.90 bits per heavy atom. The lowest BCUT2D eigenvalue weighted by atomic mass is 10.1. The number of nitrogens with zero attached hydrogens (tertiary/aromatic N) is 3. The Hall–Kier alpha value is -1.92. The van der Waals surface area contributed by atoms with Crippen LogP contribution in [0.4, 0.5) is 0 Å². The van der Waals surface area contributed by atoms with E-state index in [4.69, 9.17) is 4.74 Å². The lowest BCUT2D eigenvalue weighted by molar-refractivity contribution is 0.274. The molecule has 0 radical (unpaired) electrons. The lowest BCUT2D eigenvalue weighted by Gasteiger charge is -2.09. The van der Waals surface area contributed by atoms with Gasteiger partial charge in [0.2, 0.25) is 0 Å². The third-order valence-electron chi connectivity index (χ3n) is 3.03. The van der Waals surface area contributed by atoms with E-state index in [1.54, 1.807) is 17.8 Å². The van der Waals surface area contributed by atoms with Crippen molar-refractivity contribution in [3.8, 4) is 17.0 Å². The maximum Gasteiger partial charge on any atom is 0.153 e. The van der Waals surface area contributed by atoms with Gasteiger partial charge in [-0.15, -0.1) is 0 Å². The SMILES string of the molecule is COc1ccc(Br)cc1-c1ccc2ncc(CO)n2n1. The van der Waals surface area contributed by atoms with Crippen molar-refractivity contribution in [1.82, 2.24) is 14.6 Å². The molecule has 2 aromatic heterocycles. The summed E-state index contributed by atoms with van der Waals surface area (Å²) in [6.07, 6.45) is 1.62.